The number of ether oxygens (including phenoxy) is 1. The average Bonchev–Trinajstić information content (AvgIpc) is 3.15. The van der Waals surface area contributed by atoms with E-state index in [1.54, 1.807) is 37.3 Å². The van der Waals surface area contributed by atoms with Crippen LogP contribution in [0.25, 0.3) is 22.4 Å². The van der Waals surface area contributed by atoms with Gasteiger partial charge in [0.2, 0.25) is 0 Å². The van der Waals surface area contributed by atoms with Gasteiger partial charge in [-0.15, -0.1) is 0 Å². The molecule has 1 amide bonds. The normalized spacial score (nSPS) is 11.8. The maximum Gasteiger partial charge on any atom is 0.339 e. The average molecular weight is 415 g/mol. The molecule has 4 aromatic rings. The van der Waals surface area contributed by atoms with Crippen LogP contribution < -0.4 is 5.32 Å². The van der Waals surface area contributed by atoms with Crippen molar-refractivity contribution in [2.45, 2.75) is 26.9 Å². The molecule has 0 aliphatic carbocycles. The quantitative estimate of drug-likeness (QED) is 0.475. The van der Waals surface area contributed by atoms with Crippen LogP contribution in [0.2, 0.25) is 0 Å². The fourth-order valence-corrected chi connectivity index (χ4v) is 3.17. The van der Waals surface area contributed by atoms with E-state index in [1.165, 1.54) is 6.92 Å². The summed E-state index contributed by atoms with van der Waals surface area (Å²) in [5, 5.41) is 7.13. The number of benzene rings is 2. The highest BCUT2D eigenvalue weighted by atomic mass is 16.5. The molecule has 1 atom stereocenters. The second-order valence-corrected chi connectivity index (χ2v) is 7.27. The summed E-state index contributed by atoms with van der Waals surface area (Å²) in [7, 11) is 0. The number of anilines is 1. The van der Waals surface area contributed by atoms with E-state index in [4.69, 9.17) is 9.26 Å². The van der Waals surface area contributed by atoms with Gasteiger partial charge >= 0.3 is 5.97 Å². The van der Waals surface area contributed by atoms with Crippen molar-refractivity contribution in [2.75, 3.05) is 5.32 Å². The molecule has 156 valence electrons. The molecule has 1 N–H and O–H groups in total. The van der Waals surface area contributed by atoms with Gasteiger partial charge < -0.3 is 14.6 Å². The fraction of sp³-hybridized carbons (Fsp3) is 0.167. The first-order valence-electron chi connectivity index (χ1n) is 9.83. The van der Waals surface area contributed by atoms with Gasteiger partial charge in [0.05, 0.1) is 22.3 Å². The molecule has 1 unspecified atom stereocenters. The Morgan fingerprint density at radius 3 is 2.45 bits per heavy atom. The summed E-state index contributed by atoms with van der Waals surface area (Å²) in [6.07, 6.45) is -1.00. The Labute approximate surface area is 179 Å². The van der Waals surface area contributed by atoms with Crippen LogP contribution in [0.5, 0.6) is 0 Å². The van der Waals surface area contributed by atoms with Crippen LogP contribution in [0.4, 0.5) is 5.69 Å². The summed E-state index contributed by atoms with van der Waals surface area (Å²) in [6.45, 7) is 5.24. The first-order valence-corrected chi connectivity index (χ1v) is 9.83. The summed E-state index contributed by atoms with van der Waals surface area (Å²) >= 11 is 0. The van der Waals surface area contributed by atoms with Crippen LogP contribution in [0.3, 0.4) is 0 Å². The minimum atomic E-state index is -1.00. The number of aryl methyl sites for hydroxylation is 2. The molecule has 0 spiro atoms. The number of aromatic nitrogens is 2. The van der Waals surface area contributed by atoms with E-state index >= 15 is 0 Å². The molecule has 0 aliphatic heterocycles. The maximum atomic E-state index is 13.0. The van der Waals surface area contributed by atoms with E-state index in [2.05, 4.69) is 15.5 Å². The molecule has 0 saturated carbocycles. The molecule has 0 aliphatic rings. The molecule has 7 heteroatoms. The second-order valence-electron chi connectivity index (χ2n) is 7.27. The zero-order valence-corrected chi connectivity index (χ0v) is 17.4. The van der Waals surface area contributed by atoms with Crippen LogP contribution in [0.1, 0.15) is 28.5 Å². The number of carbonyl (C=O) groups excluding carboxylic acids is 2. The van der Waals surface area contributed by atoms with Crippen LogP contribution in [0.15, 0.2) is 65.2 Å². The summed E-state index contributed by atoms with van der Waals surface area (Å²) in [5.74, 6) is -1.08. The summed E-state index contributed by atoms with van der Waals surface area (Å²) in [5.41, 5.74) is 4.12. The van der Waals surface area contributed by atoms with Crippen LogP contribution >= 0.6 is 0 Å². The Bertz CT molecular complexity index is 1250. The molecule has 4 rings (SSSR count). The smallest absolute Gasteiger partial charge is 0.339 e. The molecule has 31 heavy (non-hydrogen) atoms. The molecular weight excluding hydrogens is 394 g/mol. The van der Waals surface area contributed by atoms with Crippen molar-refractivity contribution in [1.29, 1.82) is 0 Å². The predicted octanol–water partition coefficient (Wildman–Crippen LogP) is 4.69. The summed E-state index contributed by atoms with van der Waals surface area (Å²) < 4.78 is 10.8. The largest absolute Gasteiger partial charge is 0.449 e. The molecule has 7 nitrogen and oxygen atoms in total. The van der Waals surface area contributed by atoms with Crippen molar-refractivity contribution in [3.8, 4) is 11.3 Å². The van der Waals surface area contributed by atoms with Gasteiger partial charge in [-0.05, 0) is 39.0 Å². The number of nitrogens with one attached hydrogen (secondary N) is 1. The van der Waals surface area contributed by atoms with Gasteiger partial charge in [-0.1, -0.05) is 53.2 Å². The van der Waals surface area contributed by atoms with Crippen molar-refractivity contribution in [3.05, 3.63) is 77.5 Å². The highest BCUT2D eigenvalue weighted by Crippen LogP contribution is 2.28. The zero-order valence-electron chi connectivity index (χ0n) is 17.4. The Hall–Kier alpha value is -4.00. The van der Waals surface area contributed by atoms with Gasteiger partial charge in [0.15, 0.2) is 6.10 Å². The Morgan fingerprint density at radius 1 is 1.03 bits per heavy atom. The van der Waals surface area contributed by atoms with Gasteiger partial charge in [0, 0.05) is 11.3 Å². The van der Waals surface area contributed by atoms with Gasteiger partial charge in [0.25, 0.3) is 11.6 Å². The first kappa shape index (κ1) is 20.3. The number of rotatable bonds is 5. The van der Waals surface area contributed by atoms with Gasteiger partial charge in [0.1, 0.15) is 0 Å². The Morgan fingerprint density at radius 2 is 1.74 bits per heavy atom. The number of para-hydroxylation sites is 1. The predicted molar refractivity (Wildman–Crippen MR) is 117 cm³/mol. The third kappa shape index (κ3) is 4.30. The lowest BCUT2D eigenvalue weighted by atomic mass is 10.0. The standard InChI is InChI=1S/C24H21N3O4/c1-14-9-11-17(12-10-14)20-13-19(21-15(2)27-31-23(21)26-20)24(29)30-16(3)22(28)25-18-7-5-4-6-8-18/h4-13,16H,1-3H3,(H,25,28). The van der Waals surface area contributed by atoms with Crippen LogP contribution in [0, 0.1) is 13.8 Å². The van der Waals surface area contributed by atoms with E-state index in [0.717, 1.165) is 11.1 Å². The van der Waals surface area contributed by atoms with Crippen molar-refractivity contribution in [3.63, 3.8) is 0 Å². The SMILES string of the molecule is Cc1ccc(-c2cc(C(=O)OC(C)C(=O)Nc3ccccc3)c3c(C)noc3n2)cc1. The van der Waals surface area contributed by atoms with Gasteiger partial charge in [-0.2, -0.15) is 0 Å². The number of nitrogens with zero attached hydrogens (tertiary/aromatic N) is 2. The molecule has 2 aromatic carbocycles. The van der Waals surface area contributed by atoms with Crippen LogP contribution in [-0.4, -0.2) is 28.1 Å². The number of esters is 1. The number of fused-ring (bicyclic) bond motifs is 1. The molecule has 0 radical (unpaired) electrons. The monoisotopic (exact) mass is 415 g/mol. The number of hydrogen-bond acceptors (Lipinski definition) is 6. The lowest BCUT2D eigenvalue weighted by Gasteiger charge is -2.14. The third-order valence-corrected chi connectivity index (χ3v) is 4.88. The molecule has 0 saturated heterocycles. The molecule has 2 heterocycles. The number of carbonyl (C=O) groups is 2. The topological polar surface area (TPSA) is 94.3 Å². The minimum absolute atomic E-state index is 0.240. The first-order chi connectivity index (χ1) is 14.9. The molecule has 0 bridgehead atoms. The number of amides is 1. The lowest BCUT2D eigenvalue weighted by molar-refractivity contribution is -0.123. The van der Waals surface area contributed by atoms with E-state index in [-0.39, 0.29) is 11.3 Å². The number of pyridine rings is 1. The second kappa shape index (κ2) is 8.39. The van der Waals surface area contributed by atoms with E-state index in [9.17, 15) is 9.59 Å². The Balaban J connectivity index is 1.62. The maximum absolute atomic E-state index is 13.0. The van der Waals surface area contributed by atoms with Crippen molar-refractivity contribution < 1.29 is 18.8 Å². The number of hydrogen-bond donors (Lipinski definition) is 1. The molecule has 0 fully saturated rings. The molecular formula is C24H21N3O4. The lowest BCUT2D eigenvalue weighted by Crippen LogP contribution is -2.30. The molecule has 2 aromatic heterocycles. The van der Waals surface area contributed by atoms with Crippen molar-refractivity contribution in [1.82, 2.24) is 10.1 Å². The highest BCUT2D eigenvalue weighted by molar-refractivity contribution is 6.05. The fourth-order valence-electron chi connectivity index (χ4n) is 3.17. The van der Waals surface area contributed by atoms with E-state index in [0.29, 0.717) is 22.5 Å². The summed E-state index contributed by atoms with van der Waals surface area (Å²) in [4.78, 5) is 30.0. The Kier molecular flexibility index (Phi) is 5.49. The minimum Gasteiger partial charge on any atom is -0.449 e. The highest BCUT2D eigenvalue weighted by Gasteiger charge is 2.24. The van der Waals surface area contributed by atoms with Crippen molar-refractivity contribution >= 4 is 28.7 Å². The summed E-state index contributed by atoms with van der Waals surface area (Å²) in [6, 6.07) is 18.4. The van der Waals surface area contributed by atoms with Crippen LogP contribution in [-0.2, 0) is 9.53 Å². The third-order valence-electron chi connectivity index (χ3n) is 4.88. The van der Waals surface area contributed by atoms with E-state index < -0.39 is 18.0 Å². The van der Waals surface area contributed by atoms with E-state index in [1.807, 2.05) is 37.3 Å². The van der Waals surface area contributed by atoms with Gasteiger partial charge in [-0.3, -0.25) is 4.79 Å². The van der Waals surface area contributed by atoms with Crippen molar-refractivity contribution in [2.24, 2.45) is 0 Å². The zero-order chi connectivity index (χ0) is 22.0. The van der Waals surface area contributed by atoms with Gasteiger partial charge in [-0.25, -0.2) is 9.78 Å².